The van der Waals surface area contributed by atoms with Crippen molar-refractivity contribution in [3.8, 4) is 17.2 Å². The lowest BCUT2D eigenvalue weighted by Crippen LogP contribution is -2.53. The molecule has 3 fully saturated rings. The van der Waals surface area contributed by atoms with E-state index in [1.54, 1.807) is 6.07 Å². The van der Waals surface area contributed by atoms with E-state index >= 15 is 0 Å². The third-order valence-corrected chi connectivity index (χ3v) is 9.85. The van der Waals surface area contributed by atoms with Crippen LogP contribution in [0.2, 0.25) is 0 Å². The highest BCUT2D eigenvalue weighted by Gasteiger charge is 2.53. The summed E-state index contributed by atoms with van der Waals surface area (Å²) in [5, 5.41) is 34.9. The van der Waals surface area contributed by atoms with Gasteiger partial charge in [-0.05, 0) is 13.0 Å². The number of Topliss-reactive ketones (excluding diaryl/α,β-unsaturated/α-hetero) is 1. The molecule has 0 bridgehead atoms. The number of morpholine rings is 1. The molecule has 12 nitrogen and oxygen atoms in total. The first-order valence-electron chi connectivity index (χ1n) is 14.6. The summed E-state index contributed by atoms with van der Waals surface area (Å²) in [4.78, 5) is 42.8. The number of aliphatic hydroxyl groups is 1. The average Bonchev–Trinajstić information content (AvgIpc) is 3.39. The van der Waals surface area contributed by atoms with Crippen molar-refractivity contribution in [1.82, 2.24) is 4.90 Å². The van der Waals surface area contributed by atoms with Gasteiger partial charge in [0.1, 0.15) is 35.2 Å². The number of benzene rings is 2. The summed E-state index contributed by atoms with van der Waals surface area (Å²) in [5.74, 6) is -3.34. The molecule has 234 valence electrons. The summed E-state index contributed by atoms with van der Waals surface area (Å²) < 4.78 is 29.8. The molecule has 44 heavy (non-hydrogen) atoms. The number of methoxy groups -OCH3 is 1. The van der Waals surface area contributed by atoms with Crippen molar-refractivity contribution in [2.75, 3.05) is 32.6 Å². The highest BCUT2D eigenvalue weighted by molar-refractivity contribution is 7.81. The van der Waals surface area contributed by atoms with E-state index in [1.807, 2.05) is 6.92 Å². The van der Waals surface area contributed by atoms with Gasteiger partial charge in [-0.15, -0.1) is 0 Å². The highest BCUT2D eigenvalue weighted by atomic mass is 32.1. The van der Waals surface area contributed by atoms with Crippen molar-refractivity contribution in [3.05, 3.63) is 51.6 Å². The van der Waals surface area contributed by atoms with Crippen LogP contribution in [-0.2, 0) is 30.2 Å². The predicted octanol–water partition coefficient (Wildman–Crippen LogP) is 1.68. The molecular weight excluding hydrogens is 594 g/mol. The fourth-order valence-electron chi connectivity index (χ4n) is 7.48. The first kappa shape index (κ1) is 29.7. The molecule has 2 aromatic carbocycles. The minimum absolute atomic E-state index is 0.00107. The van der Waals surface area contributed by atoms with Gasteiger partial charge in [0.25, 0.3) is 0 Å². The van der Waals surface area contributed by atoms with Crippen LogP contribution in [0, 0.1) is 0 Å². The number of hydrogen-bond acceptors (Lipinski definition) is 13. The maximum atomic E-state index is 13.9. The van der Waals surface area contributed by atoms with Gasteiger partial charge < -0.3 is 39.0 Å². The molecule has 0 spiro atoms. The van der Waals surface area contributed by atoms with Gasteiger partial charge in [0, 0.05) is 48.5 Å². The van der Waals surface area contributed by atoms with E-state index in [1.165, 1.54) is 19.2 Å². The lowest BCUT2D eigenvalue weighted by atomic mass is 9.72. The predicted molar refractivity (Wildman–Crippen MR) is 155 cm³/mol. The molecule has 0 aromatic heterocycles. The molecule has 0 saturated carbocycles. The van der Waals surface area contributed by atoms with Gasteiger partial charge in [-0.1, -0.05) is 12.1 Å². The Morgan fingerprint density at radius 1 is 1.14 bits per heavy atom. The van der Waals surface area contributed by atoms with Crippen LogP contribution < -0.4 is 4.74 Å². The average molecular weight is 628 g/mol. The minimum atomic E-state index is -2.03. The number of ketones is 3. The summed E-state index contributed by atoms with van der Waals surface area (Å²) in [7, 11) is 1.36. The minimum Gasteiger partial charge on any atom is -0.507 e. The van der Waals surface area contributed by atoms with Gasteiger partial charge in [0.2, 0.25) is 5.78 Å². The molecule has 7 atom stereocenters. The maximum absolute atomic E-state index is 13.9. The molecule has 5 aliphatic rings. The Morgan fingerprint density at radius 3 is 2.66 bits per heavy atom. The van der Waals surface area contributed by atoms with Gasteiger partial charge >= 0.3 is 0 Å². The van der Waals surface area contributed by atoms with Gasteiger partial charge in [-0.3, -0.25) is 19.3 Å². The highest BCUT2D eigenvalue weighted by Crippen LogP contribution is 2.53. The first-order chi connectivity index (χ1) is 21.1. The second-order valence-corrected chi connectivity index (χ2v) is 12.3. The summed E-state index contributed by atoms with van der Waals surface area (Å²) in [5.41, 5.74) is -2.89. The number of carbonyl (C=O) groups is 3. The molecule has 2 aliphatic carbocycles. The number of ether oxygens (including phenoxy) is 5. The third-order valence-electron chi connectivity index (χ3n) is 9.56. The second-order valence-electron chi connectivity index (χ2n) is 11.9. The number of carbonyl (C=O) groups excluding carboxylic acids is 3. The zero-order valence-electron chi connectivity index (χ0n) is 24.1. The monoisotopic (exact) mass is 627 g/mol. The fourth-order valence-corrected chi connectivity index (χ4v) is 7.77. The van der Waals surface area contributed by atoms with Crippen molar-refractivity contribution in [1.29, 1.82) is 0 Å². The largest absolute Gasteiger partial charge is 0.507 e. The maximum Gasteiger partial charge on any atom is 0.202 e. The van der Waals surface area contributed by atoms with Gasteiger partial charge in [0.05, 0.1) is 55.0 Å². The summed E-state index contributed by atoms with van der Waals surface area (Å²) in [6.07, 6.45) is -3.17. The standard InChI is InChI=1S/C31H33NO11S/c1-13-30-16(32-6-7-40-11-20(32)43-30)8-21(41-13)42-18-10-31(38,19(33)12-44)9-15-23(18)29(37)25-24(27(15)35)26(34)14-4-3-5-17(39-2)22(14)28(25)36/h3-5,13,16,18,20-21,30,35,37-38,44H,6-12H2,1-2H3/t13-,16-,18-,20+,21-,30+,31-/m0/s1. The van der Waals surface area contributed by atoms with Crippen molar-refractivity contribution < 1.29 is 53.4 Å². The smallest absolute Gasteiger partial charge is 0.202 e. The Morgan fingerprint density at radius 2 is 1.91 bits per heavy atom. The van der Waals surface area contributed by atoms with Crippen LogP contribution in [0.15, 0.2) is 18.2 Å². The molecule has 0 unspecified atom stereocenters. The van der Waals surface area contributed by atoms with Crippen LogP contribution >= 0.6 is 12.6 Å². The normalized spacial score (nSPS) is 32.7. The Hall–Kier alpha value is -3.04. The molecule has 3 saturated heterocycles. The fraction of sp³-hybridized carbons (Fsp3) is 0.516. The SMILES string of the molecule is COc1cccc2c1C(=O)c1c(O)c3c(c(O)c1C2=O)C[C@@](O)(C(=O)CS)C[C@@H]3O[C@H]1C[C@H]2[C@H](O[C@@H]3COCCN32)[C@H](C)O1. The van der Waals surface area contributed by atoms with E-state index in [0.29, 0.717) is 26.2 Å². The number of rotatable bonds is 5. The van der Waals surface area contributed by atoms with Crippen LogP contribution in [0.1, 0.15) is 68.8 Å². The molecule has 13 heteroatoms. The van der Waals surface area contributed by atoms with Gasteiger partial charge in [-0.25, -0.2) is 0 Å². The number of phenols is 2. The Kier molecular flexibility index (Phi) is 7.28. The van der Waals surface area contributed by atoms with Crippen LogP contribution in [0.5, 0.6) is 17.2 Å². The molecule has 2 aromatic rings. The summed E-state index contributed by atoms with van der Waals surface area (Å²) >= 11 is 4.08. The Bertz CT molecular complexity index is 1580. The van der Waals surface area contributed by atoms with Crippen LogP contribution in [0.4, 0.5) is 0 Å². The Labute approximate surface area is 258 Å². The molecule has 7 rings (SSSR count). The van der Waals surface area contributed by atoms with E-state index in [-0.39, 0.29) is 70.2 Å². The Balaban J connectivity index is 1.32. The molecule has 3 N–H and O–H groups in total. The lowest BCUT2D eigenvalue weighted by Gasteiger charge is -2.43. The second kappa shape index (κ2) is 10.8. The topological polar surface area (TPSA) is 161 Å². The van der Waals surface area contributed by atoms with E-state index in [0.717, 1.165) is 0 Å². The van der Waals surface area contributed by atoms with E-state index in [9.17, 15) is 29.7 Å². The van der Waals surface area contributed by atoms with Crippen molar-refractivity contribution in [2.24, 2.45) is 0 Å². The number of hydrogen-bond donors (Lipinski definition) is 4. The van der Waals surface area contributed by atoms with Crippen molar-refractivity contribution in [3.63, 3.8) is 0 Å². The first-order valence-corrected chi connectivity index (χ1v) is 15.2. The van der Waals surface area contributed by atoms with Crippen molar-refractivity contribution >= 4 is 30.0 Å². The third kappa shape index (κ3) is 4.32. The zero-order valence-corrected chi connectivity index (χ0v) is 25.0. The number of aromatic hydroxyl groups is 2. The van der Waals surface area contributed by atoms with E-state index < -0.39 is 58.8 Å². The summed E-state index contributed by atoms with van der Waals surface area (Å²) in [6, 6.07) is 4.46. The number of thiol groups is 1. The lowest BCUT2D eigenvalue weighted by molar-refractivity contribution is -0.247. The number of phenolic OH excluding ortho intramolecular Hbond substituents is 2. The quantitative estimate of drug-likeness (QED) is 0.240. The van der Waals surface area contributed by atoms with E-state index in [4.69, 9.17) is 23.7 Å². The molecule has 0 radical (unpaired) electrons. The van der Waals surface area contributed by atoms with E-state index in [2.05, 4.69) is 17.5 Å². The van der Waals surface area contributed by atoms with Crippen molar-refractivity contribution in [2.45, 2.75) is 68.7 Å². The zero-order chi connectivity index (χ0) is 31.1. The molecule has 3 aliphatic heterocycles. The van der Waals surface area contributed by atoms with Gasteiger partial charge in [0.15, 0.2) is 17.9 Å². The van der Waals surface area contributed by atoms with Crippen LogP contribution in [0.3, 0.4) is 0 Å². The molecule has 3 heterocycles. The van der Waals surface area contributed by atoms with Crippen LogP contribution in [-0.4, -0.2) is 107 Å². The summed E-state index contributed by atoms with van der Waals surface area (Å²) in [6.45, 7) is 3.56. The van der Waals surface area contributed by atoms with Gasteiger partial charge in [-0.2, -0.15) is 12.6 Å². The molecular formula is C31H33NO11S. The number of nitrogens with zero attached hydrogens (tertiary/aromatic N) is 1. The van der Waals surface area contributed by atoms with Crippen LogP contribution in [0.25, 0.3) is 0 Å². The number of fused-ring (bicyclic) bond motifs is 6. The molecule has 0 amide bonds.